The first kappa shape index (κ1) is 13.7. The van der Waals surface area contributed by atoms with Gasteiger partial charge in [-0.1, -0.05) is 12.1 Å². The van der Waals surface area contributed by atoms with E-state index in [2.05, 4.69) is 0 Å². The Bertz CT molecular complexity index is 455. The summed E-state index contributed by atoms with van der Waals surface area (Å²) >= 11 is 0. The lowest BCUT2D eigenvalue weighted by atomic mass is 10.0. The Morgan fingerprint density at radius 3 is 2.63 bits per heavy atom. The molecule has 1 saturated heterocycles. The minimum absolute atomic E-state index is 0.0449. The Morgan fingerprint density at radius 1 is 1.32 bits per heavy atom. The van der Waals surface area contributed by atoms with Gasteiger partial charge in [0.15, 0.2) is 5.78 Å². The number of Topliss-reactive ketones (excluding diaryl/α,β-unsaturated/α-hetero) is 1. The van der Waals surface area contributed by atoms with E-state index in [0.29, 0.717) is 23.7 Å². The van der Waals surface area contributed by atoms with E-state index in [-0.39, 0.29) is 12.4 Å². The van der Waals surface area contributed by atoms with E-state index in [1.165, 1.54) is 0 Å². The van der Waals surface area contributed by atoms with E-state index < -0.39 is 0 Å². The Morgan fingerprint density at radius 2 is 2.00 bits per heavy atom. The lowest BCUT2D eigenvalue weighted by molar-refractivity contribution is 0.0216. The van der Waals surface area contributed by atoms with E-state index in [4.69, 9.17) is 14.7 Å². The van der Waals surface area contributed by atoms with Crippen molar-refractivity contribution >= 4 is 5.78 Å². The van der Waals surface area contributed by atoms with Gasteiger partial charge in [0.2, 0.25) is 0 Å². The van der Waals surface area contributed by atoms with E-state index in [9.17, 15) is 4.79 Å². The van der Waals surface area contributed by atoms with Crippen LogP contribution >= 0.6 is 0 Å². The molecule has 0 saturated carbocycles. The smallest absolute Gasteiger partial charge is 0.188 e. The zero-order valence-electron chi connectivity index (χ0n) is 10.8. The Labute approximate surface area is 112 Å². The van der Waals surface area contributed by atoms with Crippen LogP contribution in [-0.4, -0.2) is 32.2 Å². The van der Waals surface area contributed by atoms with Crippen LogP contribution in [0.2, 0.25) is 0 Å². The van der Waals surface area contributed by atoms with Gasteiger partial charge in [0.1, 0.15) is 6.61 Å². The molecule has 0 N–H and O–H groups in total. The fourth-order valence-corrected chi connectivity index (χ4v) is 2.05. The molecule has 2 rings (SSSR count). The van der Waals surface area contributed by atoms with Gasteiger partial charge in [0.05, 0.1) is 18.2 Å². The van der Waals surface area contributed by atoms with Crippen LogP contribution in [0.4, 0.5) is 0 Å². The number of hydrogen-bond acceptors (Lipinski definition) is 4. The molecule has 0 amide bonds. The molecule has 1 aromatic carbocycles. The third kappa shape index (κ3) is 4.16. The van der Waals surface area contributed by atoms with Crippen molar-refractivity contribution in [3.63, 3.8) is 0 Å². The lowest BCUT2D eigenvalue weighted by Gasteiger charge is -2.21. The van der Waals surface area contributed by atoms with Crippen molar-refractivity contribution in [3.8, 4) is 6.07 Å². The predicted octanol–water partition coefficient (Wildman–Crippen LogP) is 2.18. The maximum atomic E-state index is 11.9. The van der Waals surface area contributed by atoms with Crippen molar-refractivity contribution in [3.05, 3.63) is 35.4 Å². The molecule has 1 heterocycles. The van der Waals surface area contributed by atoms with E-state index >= 15 is 0 Å². The van der Waals surface area contributed by atoms with Crippen molar-refractivity contribution < 1.29 is 14.3 Å². The van der Waals surface area contributed by atoms with Crippen LogP contribution in [0, 0.1) is 17.2 Å². The molecule has 1 aliphatic rings. The summed E-state index contributed by atoms with van der Waals surface area (Å²) in [6.45, 7) is 2.30. The van der Waals surface area contributed by atoms with Crippen LogP contribution in [0.5, 0.6) is 0 Å². The average Bonchev–Trinajstić information content (AvgIpc) is 2.48. The Kier molecular flexibility index (Phi) is 5.08. The molecule has 1 aromatic rings. The van der Waals surface area contributed by atoms with Crippen LogP contribution in [0.15, 0.2) is 24.3 Å². The summed E-state index contributed by atoms with van der Waals surface area (Å²) in [6.07, 6.45) is 2.01. The number of benzene rings is 1. The van der Waals surface area contributed by atoms with Gasteiger partial charge >= 0.3 is 0 Å². The molecule has 1 fully saturated rings. The van der Waals surface area contributed by atoms with Gasteiger partial charge in [-0.3, -0.25) is 4.79 Å². The van der Waals surface area contributed by atoms with E-state index in [1.807, 2.05) is 6.07 Å². The highest BCUT2D eigenvalue weighted by atomic mass is 16.5. The number of ketones is 1. The second-order valence-electron chi connectivity index (χ2n) is 4.68. The van der Waals surface area contributed by atoms with Gasteiger partial charge in [0, 0.05) is 18.8 Å². The molecule has 19 heavy (non-hydrogen) atoms. The molecule has 0 atom stereocenters. The normalized spacial score (nSPS) is 15.9. The van der Waals surface area contributed by atoms with Crippen LogP contribution in [-0.2, 0) is 9.47 Å². The monoisotopic (exact) mass is 259 g/mol. The Hall–Kier alpha value is -1.70. The van der Waals surface area contributed by atoms with Crippen molar-refractivity contribution in [2.24, 2.45) is 5.92 Å². The van der Waals surface area contributed by atoms with Crippen LogP contribution in [0.3, 0.4) is 0 Å². The number of rotatable bonds is 5. The zero-order chi connectivity index (χ0) is 13.5. The molecule has 0 unspecified atom stereocenters. The molecule has 100 valence electrons. The molecule has 4 nitrogen and oxygen atoms in total. The summed E-state index contributed by atoms with van der Waals surface area (Å²) in [5, 5.41) is 8.68. The van der Waals surface area contributed by atoms with Crippen LogP contribution in [0.25, 0.3) is 0 Å². The molecular weight excluding hydrogens is 242 g/mol. The molecule has 0 radical (unpaired) electrons. The van der Waals surface area contributed by atoms with Gasteiger partial charge in [-0.2, -0.15) is 5.26 Å². The van der Waals surface area contributed by atoms with Gasteiger partial charge in [-0.05, 0) is 30.9 Å². The summed E-state index contributed by atoms with van der Waals surface area (Å²) < 4.78 is 10.7. The first-order valence-corrected chi connectivity index (χ1v) is 6.48. The number of nitrogens with zero attached hydrogens (tertiary/aromatic N) is 1. The standard InChI is InChI=1S/C15H17NO3/c16-9-12-1-3-14(4-2-12)15(17)11-19-10-13-5-7-18-8-6-13/h1-4,13H,5-8,10-11H2. The zero-order valence-corrected chi connectivity index (χ0v) is 10.8. The topological polar surface area (TPSA) is 59.3 Å². The van der Waals surface area contributed by atoms with Gasteiger partial charge in [-0.25, -0.2) is 0 Å². The number of ether oxygens (including phenoxy) is 2. The second kappa shape index (κ2) is 7.03. The third-order valence-electron chi connectivity index (χ3n) is 3.26. The molecule has 4 heteroatoms. The molecule has 0 aromatic heterocycles. The Balaban J connectivity index is 1.75. The minimum Gasteiger partial charge on any atom is -0.381 e. The number of nitriles is 1. The largest absolute Gasteiger partial charge is 0.381 e. The minimum atomic E-state index is -0.0449. The summed E-state index contributed by atoms with van der Waals surface area (Å²) in [6, 6.07) is 8.64. The summed E-state index contributed by atoms with van der Waals surface area (Å²) in [5.41, 5.74) is 1.14. The van der Waals surface area contributed by atoms with Crippen molar-refractivity contribution in [2.45, 2.75) is 12.8 Å². The molecule has 0 spiro atoms. The SMILES string of the molecule is N#Cc1ccc(C(=O)COCC2CCOCC2)cc1. The highest BCUT2D eigenvalue weighted by molar-refractivity contribution is 5.97. The van der Waals surface area contributed by atoms with Gasteiger partial charge in [0.25, 0.3) is 0 Å². The van der Waals surface area contributed by atoms with Crippen molar-refractivity contribution in [2.75, 3.05) is 26.4 Å². The highest BCUT2D eigenvalue weighted by Crippen LogP contribution is 2.15. The number of carbonyl (C=O) groups is 1. The molecule has 0 bridgehead atoms. The maximum Gasteiger partial charge on any atom is 0.188 e. The van der Waals surface area contributed by atoms with Crippen LogP contribution < -0.4 is 0 Å². The number of carbonyl (C=O) groups excluding carboxylic acids is 1. The van der Waals surface area contributed by atoms with Crippen LogP contribution in [0.1, 0.15) is 28.8 Å². The summed E-state index contributed by atoms with van der Waals surface area (Å²) in [4.78, 5) is 11.9. The average molecular weight is 259 g/mol. The number of hydrogen-bond donors (Lipinski definition) is 0. The van der Waals surface area contributed by atoms with Crippen molar-refractivity contribution in [1.82, 2.24) is 0 Å². The van der Waals surface area contributed by atoms with E-state index in [1.54, 1.807) is 24.3 Å². The quantitative estimate of drug-likeness (QED) is 0.760. The summed E-state index contributed by atoms with van der Waals surface area (Å²) in [7, 11) is 0. The molecular formula is C15H17NO3. The summed E-state index contributed by atoms with van der Waals surface area (Å²) in [5.74, 6) is 0.457. The predicted molar refractivity (Wildman–Crippen MR) is 69.8 cm³/mol. The second-order valence-corrected chi connectivity index (χ2v) is 4.68. The third-order valence-corrected chi connectivity index (χ3v) is 3.26. The molecule has 1 aliphatic heterocycles. The lowest BCUT2D eigenvalue weighted by Crippen LogP contribution is -2.21. The van der Waals surface area contributed by atoms with E-state index in [0.717, 1.165) is 26.1 Å². The first-order valence-electron chi connectivity index (χ1n) is 6.48. The first-order chi connectivity index (χ1) is 9.29. The van der Waals surface area contributed by atoms with Gasteiger partial charge < -0.3 is 9.47 Å². The fraction of sp³-hybridized carbons (Fsp3) is 0.467. The van der Waals surface area contributed by atoms with Gasteiger partial charge in [-0.15, -0.1) is 0 Å². The maximum absolute atomic E-state index is 11.9. The van der Waals surface area contributed by atoms with Crippen molar-refractivity contribution in [1.29, 1.82) is 5.26 Å². The highest BCUT2D eigenvalue weighted by Gasteiger charge is 2.14. The fourth-order valence-electron chi connectivity index (χ4n) is 2.05. The molecule has 0 aliphatic carbocycles.